The van der Waals surface area contributed by atoms with Gasteiger partial charge < -0.3 is 10.3 Å². The number of carbonyl (C=O) groups is 1. The van der Waals surface area contributed by atoms with E-state index in [9.17, 15) is 14.4 Å². The zero-order valence-corrected chi connectivity index (χ0v) is 9.55. The molecule has 18 heavy (non-hydrogen) atoms. The van der Waals surface area contributed by atoms with Crippen molar-refractivity contribution in [3.8, 4) is 11.3 Å². The molecule has 2 rings (SSSR count). The predicted octanol–water partition coefficient (Wildman–Crippen LogP) is 2.13. The molecule has 0 fully saturated rings. The largest absolute Gasteiger partial charge is 0.618 e. The van der Waals surface area contributed by atoms with Gasteiger partial charge in [0.25, 0.3) is 0 Å². The molecule has 1 N–H and O–H groups in total. The zero-order valence-electron chi connectivity index (χ0n) is 9.55. The fourth-order valence-electron chi connectivity index (χ4n) is 1.77. The molecule has 0 radical (unpaired) electrons. The Kier molecular flexibility index (Phi) is 2.97. The summed E-state index contributed by atoms with van der Waals surface area (Å²) in [5, 5.41) is 20.8. The minimum Gasteiger partial charge on any atom is -0.618 e. The van der Waals surface area contributed by atoms with Gasteiger partial charge in [-0.1, -0.05) is 6.07 Å². The first-order valence-corrected chi connectivity index (χ1v) is 5.23. The van der Waals surface area contributed by atoms with E-state index in [1.165, 1.54) is 30.3 Å². The summed E-state index contributed by atoms with van der Waals surface area (Å²) in [5.41, 5.74) is 0.695. The normalized spacial score (nSPS) is 10.3. The Morgan fingerprint density at radius 1 is 1.33 bits per heavy atom. The Balaban J connectivity index is 2.70. The molecule has 0 spiro atoms. The molecule has 0 bridgehead atoms. The van der Waals surface area contributed by atoms with Gasteiger partial charge >= 0.3 is 11.7 Å². The lowest BCUT2D eigenvalue weighted by Crippen LogP contribution is -2.37. The highest BCUT2D eigenvalue weighted by Gasteiger charge is 2.21. The summed E-state index contributed by atoms with van der Waals surface area (Å²) in [6.45, 7) is 1.67. The number of benzene rings is 1. The summed E-state index contributed by atoms with van der Waals surface area (Å²) in [6.07, 6.45) is 0. The molecule has 92 valence electrons. The Hall–Kier alpha value is -2.43. The first kappa shape index (κ1) is 12.0. The van der Waals surface area contributed by atoms with E-state index in [4.69, 9.17) is 5.11 Å². The fraction of sp³-hybridized carbons (Fsp3) is 0.0769. The molecule has 0 amide bonds. The van der Waals surface area contributed by atoms with Gasteiger partial charge in [-0.05, 0) is 31.2 Å². The van der Waals surface area contributed by atoms with Gasteiger partial charge in [0.15, 0.2) is 0 Å². The Labute approximate surface area is 103 Å². The topological polar surface area (TPSA) is 64.2 Å². The van der Waals surface area contributed by atoms with Crippen LogP contribution >= 0.6 is 0 Å². The third kappa shape index (κ3) is 2.02. The third-order valence-electron chi connectivity index (χ3n) is 2.60. The minimum atomic E-state index is -1.32. The van der Waals surface area contributed by atoms with Crippen molar-refractivity contribution in [2.24, 2.45) is 0 Å². The van der Waals surface area contributed by atoms with Crippen LogP contribution in [0.1, 0.15) is 16.1 Å². The average molecular weight is 247 g/mol. The summed E-state index contributed by atoms with van der Waals surface area (Å²) >= 11 is 0. The first-order valence-electron chi connectivity index (χ1n) is 5.23. The standard InChI is InChI=1S/C13H10FNO3/c1-8-5-6-11(13(16)17)15(18)12(8)9-3-2-4-10(14)7-9/h2-7H,1H3,(H,16,17). The lowest BCUT2D eigenvalue weighted by molar-refractivity contribution is -0.597. The molecule has 2 aromatic rings. The van der Waals surface area contributed by atoms with Crippen LogP contribution in [0.4, 0.5) is 4.39 Å². The number of pyridine rings is 1. The first-order chi connectivity index (χ1) is 8.50. The van der Waals surface area contributed by atoms with E-state index in [0.717, 1.165) is 0 Å². The molecule has 0 atom stereocenters. The number of halogens is 1. The second-order valence-electron chi connectivity index (χ2n) is 3.86. The highest BCUT2D eigenvalue weighted by atomic mass is 19.1. The van der Waals surface area contributed by atoms with Gasteiger partial charge in [0.1, 0.15) is 5.82 Å². The lowest BCUT2D eigenvalue weighted by atomic mass is 10.1. The maximum absolute atomic E-state index is 13.1. The molecule has 0 aliphatic heterocycles. The molecule has 1 heterocycles. The number of nitrogens with zero attached hydrogens (tertiary/aromatic N) is 1. The smallest absolute Gasteiger partial charge is 0.402 e. The van der Waals surface area contributed by atoms with E-state index >= 15 is 0 Å². The van der Waals surface area contributed by atoms with Crippen molar-refractivity contribution in [3.05, 3.63) is 58.7 Å². The van der Waals surface area contributed by atoms with Crippen LogP contribution in [0.3, 0.4) is 0 Å². The van der Waals surface area contributed by atoms with Gasteiger partial charge in [-0.3, -0.25) is 0 Å². The number of carboxylic acid groups (broad SMARTS) is 1. The molecule has 0 aliphatic rings. The quantitative estimate of drug-likeness (QED) is 0.653. The number of carboxylic acids is 1. The zero-order chi connectivity index (χ0) is 13.3. The van der Waals surface area contributed by atoms with Crippen molar-refractivity contribution in [1.82, 2.24) is 0 Å². The molecule has 0 aliphatic carbocycles. The number of rotatable bonds is 2. The van der Waals surface area contributed by atoms with Gasteiger partial charge in [-0.15, -0.1) is 0 Å². The second-order valence-corrected chi connectivity index (χ2v) is 3.86. The van der Waals surface area contributed by atoms with E-state index in [1.54, 1.807) is 13.0 Å². The predicted molar refractivity (Wildman–Crippen MR) is 62.5 cm³/mol. The van der Waals surface area contributed by atoms with Gasteiger partial charge in [0.05, 0.1) is 5.56 Å². The summed E-state index contributed by atoms with van der Waals surface area (Å²) in [5.74, 6) is -1.80. The lowest BCUT2D eigenvalue weighted by Gasteiger charge is -2.09. The number of hydrogen-bond donors (Lipinski definition) is 1. The maximum atomic E-state index is 13.1. The van der Waals surface area contributed by atoms with E-state index in [0.29, 0.717) is 15.9 Å². The highest BCUT2D eigenvalue weighted by molar-refractivity contribution is 5.84. The van der Waals surface area contributed by atoms with E-state index in [2.05, 4.69) is 0 Å². The molecule has 0 unspecified atom stereocenters. The number of hydrogen-bond acceptors (Lipinski definition) is 2. The van der Waals surface area contributed by atoms with Gasteiger partial charge in [0, 0.05) is 11.6 Å². The number of aryl methyl sites for hydroxylation is 1. The van der Waals surface area contributed by atoms with Crippen molar-refractivity contribution < 1.29 is 19.0 Å². The van der Waals surface area contributed by atoms with Crippen molar-refractivity contribution in [2.75, 3.05) is 0 Å². The number of aromatic carboxylic acids is 1. The van der Waals surface area contributed by atoms with Gasteiger partial charge in [-0.25, -0.2) is 9.18 Å². The monoisotopic (exact) mass is 247 g/mol. The Morgan fingerprint density at radius 2 is 2.06 bits per heavy atom. The van der Waals surface area contributed by atoms with Crippen LogP contribution in [0.25, 0.3) is 11.3 Å². The van der Waals surface area contributed by atoms with E-state index < -0.39 is 11.8 Å². The summed E-state index contributed by atoms with van der Waals surface area (Å²) < 4.78 is 13.5. The summed E-state index contributed by atoms with van der Waals surface area (Å²) in [6, 6.07) is 8.24. The molecule has 5 heteroatoms. The van der Waals surface area contributed by atoms with Crippen LogP contribution in [0, 0.1) is 17.9 Å². The Morgan fingerprint density at radius 3 is 2.67 bits per heavy atom. The third-order valence-corrected chi connectivity index (χ3v) is 2.60. The van der Waals surface area contributed by atoms with Crippen molar-refractivity contribution in [1.29, 1.82) is 0 Å². The molecule has 4 nitrogen and oxygen atoms in total. The maximum Gasteiger partial charge on any atom is 0.402 e. The second kappa shape index (κ2) is 4.44. The van der Waals surface area contributed by atoms with Gasteiger partial charge in [-0.2, -0.15) is 4.73 Å². The van der Waals surface area contributed by atoms with Gasteiger partial charge in [0.2, 0.25) is 5.69 Å². The molecular weight excluding hydrogens is 237 g/mol. The molecule has 0 saturated carbocycles. The van der Waals surface area contributed by atoms with E-state index in [1.807, 2.05) is 0 Å². The summed E-state index contributed by atoms with van der Waals surface area (Å²) in [7, 11) is 0. The van der Waals surface area contributed by atoms with Crippen LogP contribution in [0.2, 0.25) is 0 Å². The molecule has 1 aromatic carbocycles. The molecular formula is C13H10FNO3. The van der Waals surface area contributed by atoms with Crippen molar-refractivity contribution >= 4 is 5.97 Å². The van der Waals surface area contributed by atoms with Crippen LogP contribution in [-0.2, 0) is 0 Å². The number of aromatic nitrogens is 1. The summed E-state index contributed by atoms with van der Waals surface area (Å²) in [4.78, 5) is 10.9. The van der Waals surface area contributed by atoms with Crippen LogP contribution in [0.15, 0.2) is 36.4 Å². The SMILES string of the molecule is Cc1ccc(C(=O)O)[n+]([O-])c1-c1cccc(F)c1. The van der Waals surface area contributed by atoms with E-state index in [-0.39, 0.29) is 11.4 Å². The molecule has 1 aromatic heterocycles. The average Bonchev–Trinajstić information content (AvgIpc) is 2.28. The Bertz CT molecular complexity index is 626. The van der Waals surface area contributed by atoms with Crippen molar-refractivity contribution in [3.63, 3.8) is 0 Å². The molecule has 0 saturated heterocycles. The minimum absolute atomic E-state index is 0.148. The van der Waals surface area contributed by atoms with Crippen LogP contribution in [0.5, 0.6) is 0 Å². The van der Waals surface area contributed by atoms with Crippen LogP contribution < -0.4 is 4.73 Å². The van der Waals surface area contributed by atoms with Crippen LogP contribution in [-0.4, -0.2) is 11.1 Å². The highest BCUT2D eigenvalue weighted by Crippen LogP contribution is 2.20. The fourth-order valence-corrected chi connectivity index (χ4v) is 1.77. The van der Waals surface area contributed by atoms with Crippen molar-refractivity contribution in [2.45, 2.75) is 6.92 Å².